The number of nitro benzene ring substituents is 1. The highest BCUT2D eigenvalue weighted by Crippen LogP contribution is 2.29. The lowest BCUT2D eigenvalue weighted by atomic mass is 10.2. The lowest BCUT2D eigenvalue weighted by Crippen LogP contribution is -2.16. The summed E-state index contributed by atoms with van der Waals surface area (Å²) in [6.45, 7) is 2.32. The Hall–Kier alpha value is -4.12. The van der Waals surface area contributed by atoms with Crippen molar-refractivity contribution in [1.29, 1.82) is 0 Å². The number of ether oxygens (including phenoxy) is 2. The standard InChI is InChI=1S/C22H21N3O7S/c1-3-32-19-10-7-16(8-11-19)24-33(29,30)21-14-17(9-12-20(21)31-2)23-22(26)15-5-4-6-18(13-15)25(27)28/h4-14,24H,3H2,1-2H3,(H,23,26). The highest BCUT2D eigenvalue weighted by Gasteiger charge is 2.21. The van der Waals surface area contributed by atoms with E-state index in [2.05, 4.69) is 10.0 Å². The molecular weight excluding hydrogens is 450 g/mol. The van der Waals surface area contributed by atoms with Crippen LogP contribution in [0.2, 0.25) is 0 Å². The fourth-order valence-corrected chi connectivity index (χ4v) is 4.18. The van der Waals surface area contributed by atoms with Crippen molar-refractivity contribution in [3.05, 3.63) is 82.4 Å². The van der Waals surface area contributed by atoms with Crippen molar-refractivity contribution < 1.29 is 27.6 Å². The first-order chi connectivity index (χ1) is 15.7. The Balaban J connectivity index is 1.86. The van der Waals surface area contributed by atoms with Crippen molar-refractivity contribution in [2.75, 3.05) is 23.8 Å². The maximum atomic E-state index is 13.0. The summed E-state index contributed by atoms with van der Waals surface area (Å²) in [6.07, 6.45) is 0. The van der Waals surface area contributed by atoms with Gasteiger partial charge in [0.15, 0.2) is 0 Å². The van der Waals surface area contributed by atoms with Gasteiger partial charge in [-0.2, -0.15) is 0 Å². The third-order valence-electron chi connectivity index (χ3n) is 4.45. The summed E-state index contributed by atoms with van der Waals surface area (Å²) in [4.78, 5) is 22.7. The van der Waals surface area contributed by atoms with Crippen molar-refractivity contribution in [1.82, 2.24) is 0 Å². The van der Waals surface area contributed by atoms with Gasteiger partial charge in [0, 0.05) is 29.1 Å². The van der Waals surface area contributed by atoms with Crippen LogP contribution in [0.4, 0.5) is 17.1 Å². The molecule has 0 aliphatic rings. The van der Waals surface area contributed by atoms with Crippen LogP contribution in [-0.2, 0) is 10.0 Å². The number of non-ortho nitro benzene ring substituents is 1. The molecule has 3 rings (SSSR count). The number of carbonyl (C=O) groups is 1. The van der Waals surface area contributed by atoms with Crippen LogP contribution in [0.25, 0.3) is 0 Å². The van der Waals surface area contributed by atoms with Crippen molar-refractivity contribution in [3.63, 3.8) is 0 Å². The monoisotopic (exact) mass is 471 g/mol. The van der Waals surface area contributed by atoms with Gasteiger partial charge in [-0.05, 0) is 55.5 Å². The summed E-state index contributed by atoms with van der Waals surface area (Å²) in [5, 5.41) is 13.5. The quantitative estimate of drug-likeness (QED) is 0.355. The van der Waals surface area contributed by atoms with E-state index in [9.17, 15) is 23.3 Å². The van der Waals surface area contributed by atoms with Crippen molar-refractivity contribution in [3.8, 4) is 11.5 Å². The number of anilines is 2. The van der Waals surface area contributed by atoms with Crippen LogP contribution in [0.3, 0.4) is 0 Å². The SMILES string of the molecule is CCOc1ccc(NS(=O)(=O)c2cc(NC(=O)c3cccc([N+](=O)[O-])c3)ccc2OC)cc1. The molecule has 172 valence electrons. The van der Waals surface area contributed by atoms with Gasteiger partial charge in [-0.25, -0.2) is 8.42 Å². The van der Waals surface area contributed by atoms with Crippen molar-refractivity contribution in [2.45, 2.75) is 11.8 Å². The van der Waals surface area contributed by atoms with E-state index in [1.54, 1.807) is 24.3 Å². The highest BCUT2D eigenvalue weighted by atomic mass is 32.2. The Labute approximate surface area is 190 Å². The Kier molecular flexibility index (Phi) is 7.13. The molecule has 11 heteroatoms. The van der Waals surface area contributed by atoms with Crippen LogP contribution in [0.15, 0.2) is 71.6 Å². The molecule has 0 spiro atoms. The molecule has 0 saturated heterocycles. The zero-order chi connectivity index (χ0) is 24.0. The van der Waals surface area contributed by atoms with Gasteiger partial charge in [0.1, 0.15) is 16.4 Å². The van der Waals surface area contributed by atoms with Crippen LogP contribution in [0.1, 0.15) is 17.3 Å². The molecule has 0 fully saturated rings. The van der Waals surface area contributed by atoms with Gasteiger partial charge in [-0.3, -0.25) is 19.6 Å². The number of nitrogens with one attached hydrogen (secondary N) is 2. The second-order valence-corrected chi connectivity index (χ2v) is 8.34. The number of amides is 1. The van der Waals surface area contributed by atoms with E-state index in [-0.39, 0.29) is 27.6 Å². The number of nitrogens with zero attached hydrogens (tertiary/aromatic N) is 1. The molecule has 3 aromatic rings. The molecule has 0 atom stereocenters. The smallest absolute Gasteiger partial charge is 0.270 e. The summed E-state index contributed by atoms with van der Waals surface area (Å²) in [5.74, 6) is 0.0392. The number of methoxy groups -OCH3 is 1. The van der Waals surface area contributed by atoms with Gasteiger partial charge in [0.25, 0.3) is 21.6 Å². The Morgan fingerprint density at radius 3 is 2.36 bits per heavy atom. The maximum absolute atomic E-state index is 13.0. The molecule has 0 heterocycles. The fourth-order valence-electron chi connectivity index (χ4n) is 2.92. The number of sulfonamides is 1. The van der Waals surface area contributed by atoms with E-state index in [4.69, 9.17) is 9.47 Å². The zero-order valence-corrected chi connectivity index (χ0v) is 18.6. The summed E-state index contributed by atoms with van der Waals surface area (Å²) < 4.78 is 39.0. The molecule has 0 radical (unpaired) electrons. The van der Waals surface area contributed by atoms with E-state index in [1.165, 1.54) is 43.5 Å². The zero-order valence-electron chi connectivity index (χ0n) is 17.8. The summed E-state index contributed by atoms with van der Waals surface area (Å²) in [6, 6.07) is 15.7. The first-order valence-corrected chi connectivity index (χ1v) is 11.2. The Morgan fingerprint density at radius 1 is 1.03 bits per heavy atom. The minimum atomic E-state index is -4.08. The van der Waals surface area contributed by atoms with Crippen molar-refractivity contribution in [2.24, 2.45) is 0 Å². The Bertz CT molecular complexity index is 1280. The first kappa shape index (κ1) is 23.5. The van der Waals surface area contributed by atoms with E-state index in [0.717, 1.165) is 6.07 Å². The molecular formula is C22H21N3O7S. The maximum Gasteiger partial charge on any atom is 0.270 e. The van der Waals surface area contributed by atoms with E-state index in [1.807, 2.05) is 6.92 Å². The van der Waals surface area contributed by atoms with Crippen LogP contribution in [0, 0.1) is 10.1 Å². The minimum Gasteiger partial charge on any atom is -0.495 e. The topological polar surface area (TPSA) is 137 Å². The van der Waals surface area contributed by atoms with E-state index >= 15 is 0 Å². The van der Waals surface area contributed by atoms with Gasteiger partial charge in [0.2, 0.25) is 0 Å². The third-order valence-corrected chi connectivity index (χ3v) is 5.85. The molecule has 10 nitrogen and oxygen atoms in total. The molecule has 2 N–H and O–H groups in total. The lowest BCUT2D eigenvalue weighted by Gasteiger charge is -2.14. The minimum absolute atomic E-state index is 0.0527. The molecule has 0 bridgehead atoms. The fraction of sp³-hybridized carbons (Fsp3) is 0.136. The van der Waals surface area contributed by atoms with E-state index < -0.39 is 20.9 Å². The predicted molar refractivity (Wildman–Crippen MR) is 122 cm³/mol. The van der Waals surface area contributed by atoms with E-state index in [0.29, 0.717) is 18.0 Å². The van der Waals surface area contributed by atoms with Crippen LogP contribution >= 0.6 is 0 Å². The number of hydrogen-bond acceptors (Lipinski definition) is 7. The molecule has 0 aliphatic heterocycles. The highest BCUT2D eigenvalue weighted by molar-refractivity contribution is 7.92. The molecule has 0 aliphatic carbocycles. The van der Waals surface area contributed by atoms with Gasteiger partial charge in [-0.15, -0.1) is 0 Å². The normalized spacial score (nSPS) is 10.8. The molecule has 0 saturated carbocycles. The average Bonchev–Trinajstić information content (AvgIpc) is 2.80. The summed E-state index contributed by atoms with van der Waals surface area (Å²) in [7, 11) is -2.75. The molecule has 0 aromatic heterocycles. The average molecular weight is 471 g/mol. The van der Waals surface area contributed by atoms with Crippen LogP contribution in [-0.4, -0.2) is 33.0 Å². The molecule has 1 amide bonds. The second-order valence-electron chi connectivity index (χ2n) is 6.69. The van der Waals surface area contributed by atoms with Crippen molar-refractivity contribution >= 4 is 33.0 Å². The van der Waals surface area contributed by atoms with Crippen LogP contribution in [0.5, 0.6) is 11.5 Å². The predicted octanol–water partition coefficient (Wildman–Crippen LogP) is 4.06. The molecule has 3 aromatic carbocycles. The lowest BCUT2D eigenvalue weighted by molar-refractivity contribution is -0.384. The number of benzene rings is 3. The second kappa shape index (κ2) is 10.0. The van der Waals surface area contributed by atoms with Crippen LogP contribution < -0.4 is 19.5 Å². The van der Waals surface area contributed by atoms with Gasteiger partial charge >= 0.3 is 0 Å². The first-order valence-electron chi connectivity index (χ1n) is 9.73. The number of rotatable bonds is 9. The number of hydrogen-bond donors (Lipinski definition) is 2. The van der Waals surface area contributed by atoms with Gasteiger partial charge in [0.05, 0.1) is 18.6 Å². The van der Waals surface area contributed by atoms with Gasteiger partial charge < -0.3 is 14.8 Å². The number of nitro groups is 1. The molecule has 0 unspecified atom stereocenters. The number of carbonyl (C=O) groups excluding carboxylic acids is 1. The largest absolute Gasteiger partial charge is 0.495 e. The summed E-state index contributed by atoms with van der Waals surface area (Å²) in [5.41, 5.74) is 0.294. The van der Waals surface area contributed by atoms with Gasteiger partial charge in [-0.1, -0.05) is 6.07 Å². The third kappa shape index (κ3) is 5.77. The summed E-state index contributed by atoms with van der Waals surface area (Å²) >= 11 is 0. The Morgan fingerprint density at radius 2 is 1.73 bits per heavy atom. The molecule has 33 heavy (non-hydrogen) atoms.